The number of carbonyl (C=O) groups excluding carboxylic acids is 1. The molecule has 0 saturated carbocycles. The van der Waals surface area contributed by atoms with Gasteiger partial charge in [-0.05, 0) is 32.3 Å². The molecule has 1 amide bonds. The number of hydrogen-bond acceptors (Lipinski definition) is 6. The lowest BCUT2D eigenvalue weighted by molar-refractivity contribution is -0.113. The van der Waals surface area contributed by atoms with Crippen molar-refractivity contribution in [3.8, 4) is 0 Å². The van der Waals surface area contributed by atoms with E-state index in [4.69, 9.17) is 5.73 Å². The van der Waals surface area contributed by atoms with Crippen LogP contribution in [0.15, 0.2) is 18.2 Å². The highest BCUT2D eigenvalue weighted by Gasteiger charge is 2.08. The minimum absolute atomic E-state index is 0.0132. The molecule has 2 rings (SSSR count). The Morgan fingerprint density at radius 3 is 3.05 bits per heavy atom. The van der Waals surface area contributed by atoms with Crippen LogP contribution in [0.5, 0.6) is 0 Å². The number of nitrogens with two attached hydrogens (primary N) is 1. The quantitative estimate of drug-likeness (QED) is 0.631. The normalized spacial score (nSPS) is 11.2. The van der Waals surface area contributed by atoms with E-state index in [0.29, 0.717) is 16.6 Å². The minimum atomic E-state index is -0.0132. The lowest BCUT2D eigenvalue weighted by atomic mass is 10.3. The van der Waals surface area contributed by atoms with Crippen LogP contribution in [0, 0.1) is 0 Å². The van der Waals surface area contributed by atoms with Crippen molar-refractivity contribution >= 4 is 50.0 Å². The zero-order valence-electron chi connectivity index (χ0n) is 11.5. The predicted molar refractivity (Wildman–Crippen MR) is 88.5 cm³/mol. The molecule has 0 unspecified atom stereocenters. The Kier molecular flexibility index (Phi) is 5.22. The summed E-state index contributed by atoms with van der Waals surface area (Å²) < 4.78 is 0.987. The third kappa shape index (κ3) is 4.36. The SMILES string of the molecule is CN(C)CCSCC(=O)Nc1nc2ccc(N)cc2s1. The van der Waals surface area contributed by atoms with Crippen LogP contribution in [0.1, 0.15) is 0 Å². The molecule has 1 aromatic carbocycles. The molecule has 0 bridgehead atoms. The summed E-state index contributed by atoms with van der Waals surface area (Å²) in [7, 11) is 4.04. The van der Waals surface area contributed by atoms with Crippen molar-refractivity contribution in [2.24, 2.45) is 0 Å². The Bertz CT molecular complexity index is 597. The van der Waals surface area contributed by atoms with Crippen LogP contribution >= 0.6 is 23.1 Å². The molecule has 0 aliphatic carbocycles. The van der Waals surface area contributed by atoms with Crippen LogP contribution in [-0.4, -0.2) is 47.9 Å². The van der Waals surface area contributed by atoms with E-state index in [0.717, 1.165) is 22.5 Å². The van der Waals surface area contributed by atoms with Gasteiger partial charge in [0.15, 0.2) is 5.13 Å². The number of benzene rings is 1. The third-order valence-corrected chi connectivity index (χ3v) is 4.45. The van der Waals surface area contributed by atoms with Crippen molar-refractivity contribution in [3.63, 3.8) is 0 Å². The zero-order valence-corrected chi connectivity index (χ0v) is 13.2. The van der Waals surface area contributed by atoms with E-state index in [9.17, 15) is 4.79 Å². The zero-order chi connectivity index (χ0) is 14.5. The Labute approximate surface area is 126 Å². The molecule has 5 nitrogen and oxygen atoms in total. The second-order valence-corrected chi connectivity index (χ2v) is 6.79. The smallest absolute Gasteiger partial charge is 0.236 e. The fraction of sp³-hybridized carbons (Fsp3) is 0.385. The molecule has 0 fully saturated rings. The van der Waals surface area contributed by atoms with E-state index in [-0.39, 0.29) is 5.91 Å². The highest BCUT2D eigenvalue weighted by atomic mass is 32.2. The number of nitrogen functional groups attached to an aromatic ring is 1. The topological polar surface area (TPSA) is 71.2 Å². The molecule has 0 saturated heterocycles. The Morgan fingerprint density at radius 2 is 2.30 bits per heavy atom. The van der Waals surface area contributed by atoms with Crippen molar-refractivity contribution in [2.45, 2.75) is 0 Å². The third-order valence-electron chi connectivity index (χ3n) is 2.57. The first-order valence-electron chi connectivity index (χ1n) is 6.23. The number of nitrogens with one attached hydrogen (secondary N) is 1. The molecule has 2 aromatic rings. The summed E-state index contributed by atoms with van der Waals surface area (Å²) in [6.07, 6.45) is 0. The first-order valence-corrected chi connectivity index (χ1v) is 8.20. The molecule has 108 valence electrons. The number of thiazole rings is 1. The number of thioether (sulfide) groups is 1. The number of rotatable bonds is 6. The average molecular weight is 310 g/mol. The fourth-order valence-corrected chi connectivity index (χ4v) is 3.39. The maximum Gasteiger partial charge on any atom is 0.236 e. The summed E-state index contributed by atoms with van der Waals surface area (Å²) in [5.74, 6) is 1.38. The van der Waals surface area contributed by atoms with E-state index >= 15 is 0 Å². The molecule has 0 spiro atoms. The molecule has 0 aliphatic heterocycles. The van der Waals surface area contributed by atoms with Crippen LogP contribution in [0.4, 0.5) is 10.8 Å². The number of fused-ring (bicyclic) bond motifs is 1. The van der Waals surface area contributed by atoms with Gasteiger partial charge < -0.3 is 16.0 Å². The summed E-state index contributed by atoms with van der Waals surface area (Å²) in [5, 5.41) is 3.46. The highest BCUT2D eigenvalue weighted by molar-refractivity contribution is 7.99. The molecule has 0 aliphatic rings. The molecular formula is C13H18N4OS2. The monoisotopic (exact) mass is 310 g/mol. The maximum atomic E-state index is 11.8. The molecule has 7 heteroatoms. The van der Waals surface area contributed by atoms with Crippen molar-refractivity contribution in [1.29, 1.82) is 0 Å². The van der Waals surface area contributed by atoms with E-state index in [1.165, 1.54) is 11.3 Å². The summed E-state index contributed by atoms with van der Waals surface area (Å²) >= 11 is 3.06. The highest BCUT2D eigenvalue weighted by Crippen LogP contribution is 2.27. The molecule has 20 heavy (non-hydrogen) atoms. The fourth-order valence-electron chi connectivity index (χ4n) is 1.56. The summed E-state index contributed by atoms with van der Waals surface area (Å²) in [5.41, 5.74) is 7.29. The number of hydrogen-bond donors (Lipinski definition) is 2. The van der Waals surface area contributed by atoms with Crippen molar-refractivity contribution in [1.82, 2.24) is 9.88 Å². The van der Waals surface area contributed by atoms with Crippen LogP contribution in [0.3, 0.4) is 0 Å². The van der Waals surface area contributed by atoms with Gasteiger partial charge in [0, 0.05) is 18.0 Å². The van der Waals surface area contributed by atoms with Crippen molar-refractivity contribution in [2.75, 3.05) is 43.2 Å². The van der Waals surface area contributed by atoms with Crippen LogP contribution in [0.25, 0.3) is 10.2 Å². The molecular weight excluding hydrogens is 292 g/mol. The predicted octanol–water partition coefficient (Wildman–Crippen LogP) is 2.11. The van der Waals surface area contributed by atoms with E-state index in [2.05, 4.69) is 15.2 Å². The van der Waals surface area contributed by atoms with Gasteiger partial charge in [0.2, 0.25) is 5.91 Å². The number of carbonyl (C=O) groups is 1. The Balaban J connectivity index is 1.86. The van der Waals surface area contributed by atoms with Crippen LogP contribution in [0.2, 0.25) is 0 Å². The largest absolute Gasteiger partial charge is 0.399 e. The number of nitrogens with zero attached hydrogens (tertiary/aromatic N) is 2. The maximum absolute atomic E-state index is 11.8. The van der Waals surface area contributed by atoms with E-state index < -0.39 is 0 Å². The van der Waals surface area contributed by atoms with Gasteiger partial charge in [-0.15, -0.1) is 0 Å². The second kappa shape index (κ2) is 6.92. The van der Waals surface area contributed by atoms with Crippen molar-refractivity contribution < 1.29 is 4.79 Å². The van der Waals surface area contributed by atoms with Gasteiger partial charge in [0.05, 0.1) is 16.0 Å². The van der Waals surface area contributed by atoms with Gasteiger partial charge in [0.25, 0.3) is 0 Å². The van der Waals surface area contributed by atoms with E-state index in [1.54, 1.807) is 11.8 Å². The minimum Gasteiger partial charge on any atom is -0.399 e. The Morgan fingerprint density at radius 1 is 1.50 bits per heavy atom. The van der Waals surface area contributed by atoms with Gasteiger partial charge in [-0.1, -0.05) is 11.3 Å². The average Bonchev–Trinajstić information content (AvgIpc) is 2.75. The lowest BCUT2D eigenvalue weighted by Crippen LogP contribution is -2.18. The number of amides is 1. The standard InChI is InChI=1S/C13H18N4OS2/c1-17(2)5-6-19-8-12(18)16-13-15-10-4-3-9(14)7-11(10)20-13/h3-4,7H,5-6,8,14H2,1-2H3,(H,15,16,18). The number of anilines is 2. The Hall–Kier alpha value is -1.31. The number of aromatic nitrogens is 1. The summed E-state index contributed by atoms with van der Waals surface area (Å²) in [6, 6.07) is 5.54. The van der Waals surface area contributed by atoms with Gasteiger partial charge in [-0.3, -0.25) is 4.79 Å². The molecule has 1 heterocycles. The summed E-state index contributed by atoms with van der Waals surface area (Å²) in [4.78, 5) is 18.3. The molecule has 0 atom stereocenters. The molecule has 3 N–H and O–H groups in total. The van der Waals surface area contributed by atoms with Crippen LogP contribution < -0.4 is 11.1 Å². The van der Waals surface area contributed by atoms with Gasteiger partial charge in [0.1, 0.15) is 0 Å². The second-order valence-electron chi connectivity index (χ2n) is 4.65. The molecule has 1 aromatic heterocycles. The first kappa shape index (κ1) is 15.1. The van der Waals surface area contributed by atoms with Crippen LogP contribution in [-0.2, 0) is 4.79 Å². The lowest BCUT2D eigenvalue weighted by Gasteiger charge is -2.08. The molecule has 0 radical (unpaired) electrons. The first-order chi connectivity index (χ1) is 9.54. The van der Waals surface area contributed by atoms with E-state index in [1.807, 2.05) is 32.3 Å². The van der Waals surface area contributed by atoms with Gasteiger partial charge in [-0.25, -0.2) is 4.98 Å². The van der Waals surface area contributed by atoms with Crippen molar-refractivity contribution in [3.05, 3.63) is 18.2 Å². The summed E-state index contributed by atoms with van der Waals surface area (Å²) in [6.45, 7) is 0.971. The van der Waals surface area contributed by atoms with Gasteiger partial charge >= 0.3 is 0 Å². The van der Waals surface area contributed by atoms with Gasteiger partial charge in [-0.2, -0.15) is 11.8 Å².